The van der Waals surface area contributed by atoms with E-state index in [0.29, 0.717) is 10.7 Å². The van der Waals surface area contributed by atoms with Crippen molar-refractivity contribution in [2.45, 2.75) is 33.6 Å². The largest absolute Gasteiger partial charge is 0.294 e. The van der Waals surface area contributed by atoms with Crippen LogP contribution in [0.3, 0.4) is 0 Å². The van der Waals surface area contributed by atoms with Crippen LogP contribution in [0.2, 0.25) is 0 Å². The molecular formula is C26H24N2O2S. The van der Waals surface area contributed by atoms with Crippen molar-refractivity contribution in [3.63, 3.8) is 0 Å². The monoisotopic (exact) mass is 428 g/mol. The molecule has 0 radical (unpaired) electrons. The van der Waals surface area contributed by atoms with E-state index in [1.165, 1.54) is 11.3 Å². The van der Waals surface area contributed by atoms with Gasteiger partial charge in [-0.15, -0.1) is 0 Å². The van der Waals surface area contributed by atoms with Crippen molar-refractivity contribution in [2.75, 3.05) is 4.90 Å². The molecule has 0 aliphatic rings. The molecule has 4 nitrogen and oxygen atoms in total. The van der Waals surface area contributed by atoms with Crippen LogP contribution in [0.15, 0.2) is 66.7 Å². The number of carbonyl (C=O) groups excluding carboxylic acids is 2. The topological polar surface area (TPSA) is 50.3 Å². The summed E-state index contributed by atoms with van der Waals surface area (Å²) >= 11 is 1.48. The van der Waals surface area contributed by atoms with E-state index < -0.39 is 0 Å². The zero-order valence-electron chi connectivity index (χ0n) is 17.9. The molecule has 0 N–H and O–H groups in total. The van der Waals surface area contributed by atoms with Gasteiger partial charge in [0.15, 0.2) is 10.9 Å². The van der Waals surface area contributed by atoms with Crippen molar-refractivity contribution in [1.82, 2.24) is 4.98 Å². The number of para-hydroxylation sites is 2. The van der Waals surface area contributed by atoms with E-state index in [-0.39, 0.29) is 24.5 Å². The SMILES string of the molecule is Cc1ccc(C(=O)CCC(=O)N(c2nc3ccccc3s2)c2ccccc2C)cc1C. The van der Waals surface area contributed by atoms with Crippen LogP contribution in [0.4, 0.5) is 10.8 Å². The lowest BCUT2D eigenvalue weighted by atomic mass is 10.0. The molecule has 1 aromatic heterocycles. The predicted molar refractivity (Wildman–Crippen MR) is 127 cm³/mol. The first-order valence-corrected chi connectivity index (χ1v) is 11.1. The van der Waals surface area contributed by atoms with Gasteiger partial charge in [0, 0.05) is 18.4 Å². The van der Waals surface area contributed by atoms with Gasteiger partial charge >= 0.3 is 0 Å². The smallest absolute Gasteiger partial charge is 0.233 e. The first-order chi connectivity index (χ1) is 14.9. The van der Waals surface area contributed by atoms with Crippen LogP contribution in [0.1, 0.15) is 39.9 Å². The fourth-order valence-corrected chi connectivity index (χ4v) is 4.50. The van der Waals surface area contributed by atoms with Crippen LogP contribution in [-0.2, 0) is 4.79 Å². The molecule has 4 aromatic rings. The number of aromatic nitrogens is 1. The summed E-state index contributed by atoms with van der Waals surface area (Å²) in [5.74, 6) is -0.156. The average Bonchev–Trinajstić information content (AvgIpc) is 3.19. The van der Waals surface area contributed by atoms with Gasteiger partial charge in [0.1, 0.15) is 0 Å². The minimum atomic E-state index is -0.134. The number of hydrogen-bond donors (Lipinski definition) is 0. The third-order valence-electron chi connectivity index (χ3n) is 5.47. The molecule has 31 heavy (non-hydrogen) atoms. The molecule has 0 atom stereocenters. The molecule has 0 unspecified atom stereocenters. The molecule has 0 saturated carbocycles. The normalized spacial score (nSPS) is 10.9. The van der Waals surface area contributed by atoms with Crippen LogP contribution in [-0.4, -0.2) is 16.7 Å². The van der Waals surface area contributed by atoms with Crippen molar-refractivity contribution < 1.29 is 9.59 Å². The average molecular weight is 429 g/mol. The van der Waals surface area contributed by atoms with E-state index in [2.05, 4.69) is 0 Å². The molecule has 0 aliphatic carbocycles. The molecule has 0 aliphatic heterocycles. The van der Waals surface area contributed by atoms with E-state index >= 15 is 0 Å². The second-order valence-electron chi connectivity index (χ2n) is 7.70. The van der Waals surface area contributed by atoms with E-state index in [0.717, 1.165) is 32.6 Å². The number of ketones is 1. The number of thiazole rings is 1. The van der Waals surface area contributed by atoms with Gasteiger partial charge < -0.3 is 0 Å². The highest BCUT2D eigenvalue weighted by Gasteiger charge is 2.24. The third kappa shape index (κ3) is 4.42. The Morgan fingerprint density at radius 2 is 1.58 bits per heavy atom. The summed E-state index contributed by atoms with van der Waals surface area (Å²) in [5.41, 5.74) is 5.52. The molecule has 4 rings (SSSR count). The molecule has 5 heteroatoms. The Balaban J connectivity index is 1.62. The van der Waals surface area contributed by atoms with Crippen LogP contribution < -0.4 is 4.90 Å². The van der Waals surface area contributed by atoms with Crippen LogP contribution in [0.5, 0.6) is 0 Å². The summed E-state index contributed by atoms with van der Waals surface area (Å²) in [6.45, 7) is 5.98. The Morgan fingerprint density at radius 1 is 0.839 bits per heavy atom. The maximum absolute atomic E-state index is 13.4. The minimum absolute atomic E-state index is 0.0227. The van der Waals surface area contributed by atoms with E-state index in [1.54, 1.807) is 4.90 Å². The van der Waals surface area contributed by atoms with Gasteiger partial charge in [-0.25, -0.2) is 4.98 Å². The zero-order valence-corrected chi connectivity index (χ0v) is 18.7. The number of benzene rings is 3. The fourth-order valence-electron chi connectivity index (χ4n) is 3.51. The molecule has 156 valence electrons. The van der Waals surface area contributed by atoms with E-state index in [4.69, 9.17) is 4.98 Å². The highest BCUT2D eigenvalue weighted by atomic mass is 32.1. The van der Waals surface area contributed by atoms with Crippen molar-refractivity contribution in [3.8, 4) is 0 Å². The number of carbonyl (C=O) groups is 2. The van der Waals surface area contributed by atoms with Crippen molar-refractivity contribution in [1.29, 1.82) is 0 Å². The lowest BCUT2D eigenvalue weighted by molar-refractivity contribution is -0.117. The van der Waals surface area contributed by atoms with Crippen molar-refractivity contribution in [3.05, 3.63) is 89.0 Å². The van der Waals surface area contributed by atoms with Crippen LogP contribution in [0, 0.1) is 20.8 Å². The third-order valence-corrected chi connectivity index (χ3v) is 6.50. The number of rotatable bonds is 6. The van der Waals surface area contributed by atoms with Crippen LogP contribution in [0.25, 0.3) is 10.2 Å². The van der Waals surface area contributed by atoms with Crippen LogP contribution >= 0.6 is 11.3 Å². The lowest BCUT2D eigenvalue weighted by Gasteiger charge is -2.22. The number of aryl methyl sites for hydroxylation is 3. The molecule has 0 bridgehead atoms. The molecule has 0 fully saturated rings. The van der Waals surface area contributed by atoms with Crippen molar-refractivity contribution in [2.24, 2.45) is 0 Å². The zero-order chi connectivity index (χ0) is 22.0. The highest BCUT2D eigenvalue weighted by Crippen LogP contribution is 2.35. The summed E-state index contributed by atoms with van der Waals surface area (Å²) in [5, 5.41) is 0.624. The Bertz CT molecular complexity index is 1240. The van der Waals surface area contributed by atoms with E-state index in [1.807, 2.05) is 87.5 Å². The van der Waals surface area contributed by atoms with Gasteiger partial charge in [-0.1, -0.05) is 53.8 Å². The second-order valence-corrected chi connectivity index (χ2v) is 8.71. The molecule has 0 spiro atoms. The molecule has 0 saturated heterocycles. The van der Waals surface area contributed by atoms with E-state index in [9.17, 15) is 9.59 Å². The number of amides is 1. The Labute approximate surface area is 186 Å². The number of anilines is 2. The van der Waals surface area contributed by atoms with Gasteiger partial charge in [-0.2, -0.15) is 0 Å². The number of hydrogen-bond acceptors (Lipinski definition) is 4. The van der Waals surface area contributed by atoms with Gasteiger partial charge in [0.2, 0.25) is 5.91 Å². The Kier molecular flexibility index (Phi) is 5.96. The maximum Gasteiger partial charge on any atom is 0.233 e. The summed E-state index contributed by atoms with van der Waals surface area (Å²) in [6.07, 6.45) is 0.282. The second kappa shape index (κ2) is 8.82. The fraction of sp³-hybridized carbons (Fsp3) is 0.192. The number of fused-ring (bicyclic) bond motifs is 1. The Morgan fingerprint density at radius 3 is 2.32 bits per heavy atom. The first-order valence-electron chi connectivity index (χ1n) is 10.3. The molecule has 1 amide bonds. The summed E-state index contributed by atoms with van der Waals surface area (Å²) in [4.78, 5) is 32.5. The standard InChI is InChI=1S/C26H24N2O2S/c1-17-12-13-20(16-19(17)3)23(29)14-15-25(30)28(22-10-6-4-8-18(22)2)26-27-21-9-5-7-11-24(21)31-26/h4-13,16H,14-15H2,1-3H3. The quantitative estimate of drug-likeness (QED) is 0.327. The Hall–Kier alpha value is -3.31. The van der Waals surface area contributed by atoms with Gasteiger partial charge in [0.05, 0.1) is 15.9 Å². The lowest BCUT2D eigenvalue weighted by Crippen LogP contribution is -2.27. The summed E-state index contributed by atoms with van der Waals surface area (Å²) in [6, 6.07) is 21.3. The summed E-state index contributed by atoms with van der Waals surface area (Å²) < 4.78 is 1.02. The molecule has 3 aromatic carbocycles. The maximum atomic E-state index is 13.4. The summed E-state index contributed by atoms with van der Waals surface area (Å²) in [7, 11) is 0. The van der Waals surface area contributed by atoms with Gasteiger partial charge in [-0.05, 0) is 61.7 Å². The van der Waals surface area contributed by atoms with Gasteiger partial charge in [0.25, 0.3) is 0 Å². The minimum Gasteiger partial charge on any atom is -0.294 e. The van der Waals surface area contributed by atoms with Gasteiger partial charge in [-0.3, -0.25) is 14.5 Å². The molecule has 1 heterocycles. The number of nitrogens with zero attached hydrogens (tertiary/aromatic N) is 2. The van der Waals surface area contributed by atoms with Crippen molar-refractivity contribution >= 4 is 44.1 Å². The predicted octanol–water partition coefficient (Wildman–Crippen LogP) is 6.55. The first kappa shape index (κ1) is 20.9. The highest BCUT2D eigenvalue weighted by molar-refractivity contribution is 7.22. The number of Topliss-reactive ketones (excluding diaryl/α,β-unsaturated/α-hetero) is 1. The molecular weight excluding hydrogens is 404 g/mol.